The molecular weight excluding hydrogens is 236 g/mol. The molecule has 0 spiro atoms. The molecule has 0 saturated carbocycles. The zero-order chi connectivity index (χ0) is 13.0. The predicted octanol–water partition coefficient (Wildman–Crippen LogP) is 2.96. The summed E-state index contributed by atoms with van der Waals surface area (Å²) in [6, 6.07) is 4.91. The van der Waals surface area contributed by atoms with Gasteiger partial charge in [-0.25, -0.2) is 0 Å². The summed E-state index contributed by atoms with van der Waals surface area (Å²) in [4.78, 5) is 11.8. The summed E-state index contributed by atoms with van der Waals surface area (Å²) in [5, 5.41) is 3.41. The quantitative estimate of drug-likeness (QED) is 0.868. The molecular formula is C13H19ClN2O. The summed E-state index contributed by atoms with van der Waals surface area (Å²) in [5.41, 5.74) is 7.50. The van der Waals surface area contributed by atoms with Gasteiger partial charge in [-0.2, -0.15) is 0 Å². The van der Waals surface area contributed by atoms with E-state index in [0.29, 0.717) is 17.4 Å². The highest BCUT2D eigenvalue weighted by molar-refractivity contribution is 6.31. The number of hydrogen-bond donors (Lipinski definition) is 2. The summed E-state index contributed by atoms with van der Waals surface area (Å²) in [6.07, 6.45) is 0.672. The Labute approximate surface area is 107 Å². The Bertz CT molecular complexity index is 404. The number of carbonyl (C=O) groups excluding carboxylic acids is 1. The molecule has 0 heterocycles. The zero-order valence-corrected chi connectivity index (χ0v) is 11.2. The number of hydrogen-bond acceptors (Lipinski definition) is 2. The molecule has 0 fully saturated rings. The van der Waals surface area contributed by atoms with Gasteiger partial charge >= 0.3 is 0 Å². The summed E-state index contributed by atoms with van der Waals surface area (Å²) < 4.78 is 0. The van der Waals surface area contributed by atoms with Crippen LogP contribution in [0.25, 0.3) is 0 Å². The van der Waals surface area contributed by atoms with E-state index >= 15 is 0 Å². The van der Waals surface area contributed by atoms with Gasteiger partial charge in [-0.3, -0.25) is 4.79 Å². The van der Waals surface area contributed by atoms with Gasteiger partial charge in [-0.05, 0) is 37.0 Å². The topological polar surface area (TPSA) is 55.1 Å². The molecule has 3 N–H and O–H groups in total. The number of nitrogens with two attached hydrogens (primary N) is 1. The minimum Gasteiger partial charge on any atom is -0.324 e. The number of anilines is 1. The van der Waals surface area contributed by atoms with Crippen molar-refractivity contribution >= 4 is 23.2 Å². The van der Waals surface area contributed by atoms with Gasteiger partial charge < -0.3 is 11.1 Å². The fraction of sp³-hybridized carbons (Fsp3) is 0.462. The van der Waals surface area contributed by atoms with Gasteiger partial charge in [0.1, 0.15) is 0 Å². The van der Waals surface area contributed by atoms with Crippen LogP contribution in [-0.4, -0.2) is 11.9 Å². The van der Waals surface area contributed by atoms with Gasteiger partial charge in [0.15, 0.2) is 0 Å². The number of nitrogens with one attached hydrogen (secondary N) is 1. The van der Waals surface area contributed by atoms with E-state index in [9.17, 15) is 4.79 Å². The molecule has 0 saturated heterocycles. The number of rotatable bonds is 4. The Morgan fingerprint density at radius 1 is 1.47 bits per heavy atom. The van der Waals surface area contributed by atoms with Crippen LogP contribution in [0.15, 0.2) is 18.2 Å². The van der Waals surface area contributed by atoms with Crippen molar-refractivity contribution in [1.82, 2.24) is 0 Å². The molecule has 94 valence electrons. The molecule has 0 aliphatic rings. The fourth-order valence-corrected chi connectivity index (χ4v) is 1.74. The van der Waals surface area contributed by atoms with Crippen molar-refractivity contribution in [3.05, 3.63) is 28.8 Å². The first-order valence-corrected chi connectivity index (χ1v) is 6.10. The van der Waals surface area contributed by atoms with Crippen molar-refractivity contribution in [2.75, 3.05) is 5.32 Å². The van der Waals surface area contributed by atoms with Crippen LogP contribution in [0.4, 0.5) is 5.69 Å². The maximum Gasteiger partial charge on any atom is 0.241 e. The highest BCUT2D eigenvalue weighted by Gasteiger charge is 2.15. The molecule has 1 aromatic rings. The summed E-state index contributed by atoms with van der Waals surface area (Å²) in [5.74, 6) is 0.236. The van der Waals surface area contributed by atoms with Crippen molar-refractivity contribution in [3.8, 4) is 0 Å². The molecule has 1 amide bonds. The minimum atomic E-state index is -0.478. The van der Waals surface area contributed by atoms with Crippen LogP contribution in [0.3, 0.4) is 0 Å². The Balaban J connectivity index is 2.70. The lowest BCUT2D eigenvalue weighted by molar-refractivity contribution is -0.117. The normalized spacial score (nSPS) is 12.6. The van der Waals surface area contributed by atoms with E-state index in [2.05, 4.69) is 5.32 Å². The van der Waals surface area contributed by atoms with Crippen LogP contribution >= 0.6 is 11.6 Å². The standard InChI is InChI=1S/C13H19ClN2O/c1-8(2)6-11(15)13(17)16-12-7-10(14)5-4-9(12)3/h4-5,7-8,11H,6,15H2,1-3H3,(H,16,17). The Hall–Kier alpha value is -1.06. The summed E-state index contributed by atoms with van der Waals surface area (Å²) in [6.45, 7) is 6.00. The zero-order valence-electron chi connectivity index (χ0n) is 10.5. The molecule has 0 aliphatic heterocycles. The molecule has 17 heavy (non-hydrogen) atoms. The molecule has 1 rings (SSSR count). The molecule has 4 heteroatoms. The highest BCUT2D eigenvalue weighted by Crippen LogP contribution is 2.20. The van der Waals surface area contributed by atoms with Crippen molar-refractivity contribution in [2.45, 2.75) is 33.2 Å². The average Bonchev–Trinajstić information content (AvgIpc) is 2.22. The van der Waals surface area contributed by atoms with Crippen molar-refractivity contribution in [1.29, 1.82) is 0 Å². The average molecular weight is 255 g/mol. The molecule has 0 radical (unpaired) electrons. The monoisotopic (exact) mass is 254 g/mol. The summed E-state index contributed by atoms with van der Waals surface area (Å²) in [7, 11) is 0. The number of carbonyl (C=O) groups is 1. The number of benzene rings is 1. The van der Waals surface area contributed by atoms with Gasteiger partial charge in [0.2, 0.25) is 5.91 Å². The third-order valence-corrected chi connectivity index (χ3v) is 2.75. The highest BCUT2D eigenvalue weighted by atomic mass is 35.5. The molecule has 1 unspecified atom stereocenters. The Kier molecular flexibility index (Phi) is 4.97. The van der Waals surface area contributed by atoms with Gasteiger partial charge in [0.05, 0.1) is 6.04 Å². The lowest BCUT2D eigenvalue weighted by Crippen LogP contribution is -2.36. The number of halogens is 1. The van der Waals surface area contributed by atoms with Crippen LogP contribution < -0.4 is 11.1 Å². The first-order valence-electron chi connectivity index (χ1n) is 5.72. The van der Waals surface area contributed by atoms with E-state index in [1.807, 2.05) is 26.8 Å². The first-order chi connectivity index (χ1) is 7.90. The van der Waals surface area contributed by atoms with Crippen molar-refractivity contribution < 1.29 is 4.79 Å². The third-order valence-electron chi connectivity index (χ3n) is 2.52. The van der Waals surface area contributed by atoms with Crippen LogP contribution in [0.2, 0.25) is 5.02 Å². The van der Waals surface area contributed by atoms with E-state index in [0.717, 1.165) is 11.3 Å². The van der Waals surface area contributed by atoms with E-state index in [4.69, 9.17) is 17.3 Å². The Morgan fingerprint density at radius 3 is 2.71 bits per heavy atom. The first kappa shape index (κ1) is 14.0. The van der Waals surface area contributed by atoms with E-state index < -0.39 is 6.04 Å². The maximum absolute atomic E-state index is 11.8. The second-order valence-electron chi connectivity index (χ2n) is 4.68. The second kappa shape index (κ2) is 6.03. The van der Waals surface area contributed by atoms with Crippen LogP contribution in [-0.2, 0) is 4.79 Å². The number of aryl methyl sites for hydroxylation is 1. The van der Waals surface area contributed by atoms with Crippen molar-refractivity contribution in [2.24, 2.45) is 11.7 Å². The third kappa shape index (κ3) is 4.36. The lowest BCUT2D eigenvalue weighted by Gasteiger charge is -2.15. The smallest absolute Gasteiger partial charge is 0.241 e. The SMILES string of the molecule is Cc1ccc(Cl)cc1NC(=O)C(N)CC(C)C. The minimum absolute atomic E-state index is 0.163. The summed E-state index contributed by atoms with van der Waals surface area (Å²) >= 11 is 5.88. The Morgan fingerprint density at radius 2 is 2.12 bits per heavy atom. The lowest BCUT2D eigenvalue weighted by atomic mass is 10.0. The molecule has 1 aromatic carbocycles. The van der Waals surface area contributed by atoms with Gasteiger partial charge in [-0.1, -0.05) is 31.5 Å². The van der Waals surface area contributed by atoms with Gasteiger partial charge in [0.25, 0.3) is 0 Å². The number of amides is 1. The maximum atomic E-state index is 11.8. The second-order valence-corrected chi connectivity index (χ2v) is 5.12. The van der Waals surface area contributed by atoms with Gasteiger partial charge in [0, 0.05) is 10.7 Å². The van der Waals surface area contributed by atoms with Crippen LogP contribution in [0.1, 0.15) is 25.8 Å². The van der Waals surface area contributed by atoms with Crippen LogP contribution in [0.5, 0.6) is 0 Å². The van der Waals surface area contributed by atoms with Crippen LogP contribution in [0, 0.1) is 12.8 Å². The van der Waals surface area contributed by atoms with E-state index in [1.165, 1.54) is 0 Å². The van der Waals surface area contributed by atoms with E-state index in [-0.39, 0.29) is 5.91 Å². The molecule has 0 bridgehead atoms. The molecule has 3 nitrogen and oxygen atoms in total. The largest absolute Gasteiger partial charge is 0.324 e. The fourth-order valence-electron chi connectivity index (χ4n) is 1.57. The van der Waals surface area contributed by atoms with Crippen molar-refractivity contribution in [3.63, 3.8) is 0 Å². The van der Waals surface area contributed by atoms with E-state index in [1.54, 1.807) is 12.1 Å². The molecule has 0 aliphatic carbocycles. The molecule has 0 aromatic heterocycles. The predicted molar refractivity (Wildman–Crippen MR) is 72.2 cm³/mol. The van der Waals surface area contributed by atoms with Gasteiger partial charge in [-0.15, -0.1) is 0 Å². The molecule has 1 atom stereocenters.